The first-order valence-corrected chi connectivity index (χ1v) is 3.85. The van der Waals surface area contributed by atoms with Crippen molar-refractivity contribution in [2.45, 2.75) is 19.3 Å². The largest absolute Gasteiger partial charge is 0.372 e. The van der Waals surface area contributed by atoms with E-state index in [0.717, 1.165) is 32.1 Å². The van der Waals surface area contributed by atoms with Crippen LogP contribution in [0.2, 0.25) is 0 Å². The molecule has 0 aromatic heterocycles. The summed E-state index contributed by atoms with van der Waals surface area (Å²) in [6, 6.07) is 0. The van der Waals surface area contributed by atoms with Gasteiger partial charge in [0, 0.05) is 13.1 Å². The van der Waals surface area contributed by atoms with Crippen LogP contribution in [0.3, 0.4) is 0 Å². The van der Waals surface area contributed by atoms with Crippen LogP contribution in [0.15, 0.2) is 12.4 Å². The zero-order chi connectivity index (χ0) is 8.10. The molecule has 0 saturated carbocycles. The molecule has 4 heteroatoms. The highest BCUT2D eigenvalue weighted by Gasteiger charge is 2.05. The molecule has 1 saturated heterocycles. The molecule has 0 N–H and O–H groups in total. The van der Waals surface area contributed by atoms with Crippen molar-refractivity contribution in [3.05, 3.63) is 22.5 Å². The number of piperidine rings is 1. The van der Waals surface area contributed by atoms with Gasteiger partial charge in [0.2, 0.25) is 6.20 Å². The van der Waals surface area contributed by atoms with Gasteiger partial charge in [-0.25, -0.2) is 0 Å². The van der Waals surface area contributed by atoms with Crippen LogP contribution in [-0.2, 0) is 0 Å². The van der Waals surface area contributed by atoms with Crippen molar-refractivity contribution < 1.29 is 4.92 Å². The molecule has 11 heavy (non-hydrogen) atoms. The van der Waals surface area contributed by atoms with Crippen molar-refractivity contribution >= 4 is 0 Å². The van der Waals surface area contributed by atoms with Crippen LogP contribution in [0.1, 0.15) is 19.3 Å². The van der Waals surface area contributed by atoms with Crippen LogP contribution >= 0.6 is 0 Å². The van der Waals surface area contributed by atoms with Gasteiger partial charge in [0.25, 0.3) is 0 Å². The standard InChI is InChI=1S/C7H12N2O2/c10-9(11)7-6-8-4-2-1-3-5-8/h6-7H,1-5H2. The molecule has 62 valence electrons. The SMILES string of the molecule is O=[N+]([O-])C=CN1CCCCC1. The molecule has 0 unspecified atom stereocenters. The third-order valence-electron chi connectivity index (χ3n) is 1.79. The van der Waals surface area contributed by atoms with Gasteiger partial charge in [-0.3, -0.25) is 10.1 Å². The van der Waals surface area contributed by atoms with E-state index in [2.05, 4.69) is 0 Å². The molecule has 4 nitrogen and oxygen atoms in total. The van der Waals surface area contributed by atoms with Crippen molar-refractivity contribution in [2.24, 2.45) is 0 Å². The van der Waals surface area contributed by atoms with Crippen molar-refractivity contribution in [3.63, 3.8) is 0 Å². The van der Waals surface area contributed by atoms with E-state index >= 15 is 0 Å². The Morgan fingerprint density at radius 2 is 1.91 bits per heavy atom. The van der Waals surface area contributed by atoms with Crippen LogP contribution in [0.5, 0.6) is 0 Å². The van der Waals surface area contributed by atoms with Crippen LogP contribution in [0.25, 0.3) is 0 Å². The molecule has 0 spiro atoms. The maximum absolute atomic E-state index is 9.93. The van der Waals surface area contributed by atoms with E-state index in [4.69, 9.17) is 0 Å². The van der Waals surface area contributed by atoms with Gasteiger partial charge >= 0.3 is 0 Å². The first kappa shape index (κ1) is 8.04. The quantitative estimate of drug-likeness (QED) is 0.446. The Labute approximate surface area is 65.6 Å². The summed E-state index contributed by atoms with van der Waals surface area (Å²) < 4.78 is 0. The van der Waals surface area contributed by atoms with E-state index in [1.807, 2.05) is 4.90 Å². The first-order chi connectivity index (χ1) is 5.29. The second-order valence-corrected chi connectivity index (χ2v) is 2.68. The fourth-order valence-corrected chi connectivity index (χ4v) is 1.22. The number of nitro groups is 1. The molecule has 1 heterocycles. The van der Waals surface area contributed by atoms with Crippen LogP contribution in [-0.4, -0.2) is 22.9 Å². The summed E-state index contributed by atoms with van der Waals surface area (Å²) in [5.74, 6) is 0. The van der Waals surface area contributed by atoms with Crippen LogP contribution in [0.4, 0.5) is 0 Å². The Kier molecular flexibility index (Phi) is 2.89. The zero-order valence-electron chi connectivity index (χ0n) is 6.40. The van der Waals surface area contributed by atoms with E-state index in [1.165, 1.54) is 6.42 Å². The first-order valence-electron chi connectivity index (χ1n) is 3.85. The molecular formula is C7H12N2O2. The monoisotopic (exact) mass is 156 g/mol. The third-order valence-corrected chi connectivity index (χ3v) is 1.79. The molecule has 1 aliphatic rings. The summed E-state index contributed by atoms with van der Waals surface area (Å²) in [6.45, 7) is 1.93. The Hall–Kier alpha value is -1.06. The molecule has 0 amide bonds. The Balaban J connectivity index is 2.29. The predicted octanol–water partition coefficient (Wildman–Crippen LogP) is 1.22. The number of nitrogens with zero attached hydrogens (tertiary/aromatic N) is 2. The van der Waals surface area contributed by atoms with Gasteiger partial charge in [0.15, 0.2) is 0 Å². The number of hydrogen-bond donors (Lipinski definition) is 0. The lowest BCUT2D eigenvalue weighted by molar-refractivity contribution is -0.403. The Morgan fingerprint density at radius 1 is 1.27 bits per heavy atom. The van der Waals surface area contributed by atoms with Crippen LogP contribution < -0.4 is 0 Å². The highest BCUT2D eigenvalue weighted by molar-refractivity contribution is 4.77. The molecule has 1 aliphatic heterocycles. The molecule has 0 aromatic carbocycles. The maximum Gasteiger partial charge on any atom is 0.250 e. The topological polar surface area (TPSA) is 46.4 Å². The minimum Gasteiger partial charge on any atom is -0.372 e. The highest BCUT2D eigenvalue weighted by atomic mass is 16.6. The summed E-state index contributed by atoms with van der Waals surface area (Å²) >= 11 is 0. The minimum absolute atomic E-state index is 0.422. The highest BCUT2D eigenvalue weighted by Crippen LogP contribution is 2.08. The zero-order valence-corrected chi connectivity index (χ0v) is 6.40. The predicted molar refractivity (Wildman–Crippen MR) is 41.6 cm³/mol. The average molecular weight is 156 g/mol. The lowest BCUT2D eigenvalue weighted by Gasteiger charge is -2.23. The third kappa shape index (κ3) is 3.02. The Bertz CT molecular complexity index is 162. The van der Waals surface area contributed by atoms with Gasteiger partial charge in [0.1, 0.15) is 0 Å². The number of likely N-dealkylation sites (tertiary alicyclic amines) is 1. The number of hydrogen-bond acceptors (Lipinski definition) is 3. The van der Waals surface area contributed by atoms with Gasteiger partial charge in [-0.05, 0) is 19.3 Å². The molecule has 0 radical (unpaired) electrons. The fourth-order valence-electron chi connectivity index (χ4n) is 1.22. The van der Waals surface area contributed by atoms with E-state index < -0.39 is 4.92 Å². The van der Waals surface area contributed by atoms with Gasteiger partial charge in [-0.2, -0.15) is 0 Å². The maximum atomic E-state index is 9.93. The van der Waals surface area contributed by atoms with E-state index in [-0.39, 0.29) is 0 Å². The molecule has 0 aliphatic carbocycles. The summed E-state index contributed by atoms with van der Waals surface area (Å²) in [4.78, 5) is 11.5. The van der Waals surface area contributed by atoms with E-state index in [1.54, 1.807) is 6.20 Å². The minimum atomic E-state index is -0.422. The molecule has 1 rings (SSSR count). The average Bonchev–Trinajstić information content (AvgIpc) is 2.03. The second kappa shape index (κ2) is 3.95. The lowest BCUT2D eigenvalue weighted by Crippen LogP contribution is -2.24. The second-order valence-electron chi connectivity index (χ2n) is 2.68. The molecule has 0 atom stereocenters. The fraction of sp³-hybridized carbons (Fsp3) is 0.714. The van der Waals surface area contributed by atoms with Crippen molar-refractivity contribution in [1.82, 2.24) is 4.90 Å². The summed E-state index contributed by atoms with van der Waals surface area (Å²) in [5.41, 5.74) is 0. The van der Waals surface area contributed by atoms with E-state index in [0.29, 0.717) is 0 Å². The van der Waals surface area contributed by atoms with Crippen molar-refractivity contribution in [1.29, 1.82) is 0 Å². The van der Waals surface area contributed by atoms with Gasteiger partial charge in [-0.1, -0.05) is 0 Å². The lowest BCUT2D eigenvalue weighted by atomic mass is 10.1. The van der Waals surface area contributed by atoms with Crippen molar-refractivity contribution in [2.75, 3.05) is 13.1 Å². The molecular weight excluding hydrogens is 144 g/mol. The number of rotatable bonds is 2. The van der Waals surface area contributed by atoms with E-state index in [9.17, 15) is 10.1 Å². The van der Waals surface area contributed by atoms with Gasteiger partial charge < -0.3 is 4.90 Å². The molecule has 0 aromatic rings. The summed E-state index contributed by atoms with van der Waals surface area (Å²) in [7, 11) is 0. The van der Waals surface area contributed by atoms with Crippen molar-refractivity contribution in [3.8, 4) is 0 Å². The summed E-state index contributed by atoms with van der Waals surface area (Å²) in [5, 5.41) is 9.93. The molecule has 0 bridgehead atoms. The normalized spacial score (nSPS) is 19.1. The van der Waals surface area contributed by atoms with Gasteiger partial charge in [-0.15, -0.1) is 0 Å². The van der Waals surface area contributed by atoms with Crippen LogP contribution in [0, 0.1) is 10.1 Å². The Morgan fingerprint density at radius 3 is 2.45 bits per heavy atom. The summed E-state index contributed by atoms with van der Waals surface area (Å²) in [6.07, 6.45) is 6.14. The van der Waals surface area contributed by atoms with Gasteiger partial charge in [0.05, 0.1) is 11.1 Å². The molecule has 1 fully saturated rings. The smallest absolute Gasteiger partial charge is 0.250 e.